The Kier molecular flexibility index (Phi) is 5.11. The first-order valence-electron chi connectivity index (χ1n) is 6.95. The van der Waals surface area contributed by atoms with Crippen molar-refractivity contribution in [2.45, 2.75) is 38.1 Å². The molecule has 0 bridgehead atoms. The highest BCUT2D eigenvalue weighted by Gasteiger charge is 2.25. The first-order chi connectivity index (χ1) is 9.77. The number of rotatable bonds is 5. The summed E-state index contributed by atoms with van der Waals surface area (Å²) in [5.74, 6) is 0.581. The van der Waals surface area contributed by atoms with Crippen molar-refractivity contribution >= 4 is 11.7 Å². The molecule has 1 heterocycles. The van der Waals surface area contributed by atoms with Crippen LogP contribution in [-0.2, 0) is 0 Å². The molecule has 1 aromatic rings. The van der Waals surface area contributed by atoms with Gasteiger partial charge in [-0.15, -0.1) is 5.10 Å². The number of nitrogens with zero attached hydrogens (tertiary/aromatic N) is 4. The highest BCUT2D eigenvalue weighted by Crippen LogP contribution is 2.27. The number of oxime groups is 1. The fraction of sp³-hybridized carbons (Fsp3) is 0.615. The van der Waals surface area contributed by atoms with Crippen LogP contribution in [0.1, 0.15) is 37.7 Å². The van der Waals surface area contributed by atoms with Crippen molar-refractivity contribution in [2.75, 3.05) is 18.1 Å². The van der Waals surface area contributed by atoms with Crippen molar-refractivity contribution < 1.29 is 10.3 Å². The van der Waals surface area contributed by atoms with Gasteiger partial charge in [0.2, 0.25) is 0 Å². The summed E-state index contributed by atoms with van der Waals surface area (Å²) in [6.45, 7) is 0.498. The fourth-order valence-corrected chi connectivity index (χ4v) is 2.75. The van der Waals surface area contributed by atoms with E-state index in [2.05, 4.69) is 15.4 Å². The Morgan fingerprint density at radius 1 is 1.40 bits per heavy atom. The largest absolute Gasteiger partial charge is 0.409 e. The van der Waals surface area contributed by atoms with Crippen LogP contribution in [0.3, 0.4) is 0 Å². The zero-order valence-corrected chi connectivity index (χ0v) is 11.4. The van der Waals surface area contributed by atoms with Gasteiger partial charge in [-0.2, -0.15) is 5.10 Å². The van der Waals surface area contributed by atoms with E-state index in [4.69, 9.17) is 10.9 Å². The molecule has 2 rings (SSSR count). The van der Waals surface area contributed by atoms with Crippen molar-refractivity contribution in [3.05, 3.63) is 17.8 Å². The quantitative estimate of drug-likeness (QED) is 0.317. The predicted molar refractivity (Wildman–Crippen MR) is 75.8 cm³/mol. The van der Waals surface area contributed by atoms with E-state index in [0.717, 1.165) is 12.8 Å². The average Bonchev–Trinajstić information content (AvgIpc) is 2.53. The molecule has 7 heteroatoms. The Bertz CT molecular complexity index is 460. The summed E-state index contributed by atoms with van der Waals surface area (Å²) in [7, 11) is 0. The van der Waals surface area contributed by atoms with Gasteiger partial charge in [-0.25, -0.2) is 0 Å². The van der Waals surface area contributed by atoms with Crippen LogP contribution in [-0.4, -0.2) is 45.5 Å². The Balaban J connectivity index is 2.33. The number of nitrogens with two attached hydrogens (primary N) is 1. The highest BCUT2D eigenvalue weighted by molar-refractivity contribution is 6.01. The summed E-state index contributed by atoms with van der Waals surface area (Å²) >= 11 is 0. The van der Waals surface area contributed by atoms with Crippen LogP contribution in [0.2, 0.25) is 0 Å². The Labute approximate surface area is 118 Å². The van der Waals surface area contributed by atoms with E-state index in [9.17, 15) is 5.11 Å². The SMILES string of the molecule is N/C(=N/O)c1ccnnc1N(CCO)C1CCCCC1. The lowest BCUT2D eigenvalue weighted by molar-refractivity contribution is 0.289. The van der Waals surface area contributed by atoms with E-state index in [-0.39, 0.29) is 12.4 Å². The summed E-state index contributed by atoms with van der Waals surface area (Å²) in [5, 5.41) is 29.3. The monoisotopic (exact) mass is 279 g/mol. The number of hydrogen-bond acceptors (Lipinski definition) is 6. The van der Waals surface area contributed by atoms with Gasteiger partial charge in [-0.1, -0.05) is 24.4 Å². The lowest BCUT2D eigenvalue weighted by atomic mass is 9.94. The Morgan fingerprint density at radius 2 is 2.15 bits per heavy atom. The van der Waals surface area contributed by atoms with Gasteiger partial charge in [0.1, 0.15) is 0 Å². The van der Waals surface area contributed by atoms with E-state index in [1.54, 1.807) is 6.07 Å². The van der Waals surface area contributed by atoms with Crippen molar-refractivity contribution in [1.29, 1.82) is 0 Å². The summed E-state index contributed by atoms with van der Waals surface area (Å²) < 4.78 is 0. The standard InChI is InChI=1S/C13H21N5O2/c14-12(17-20)11-6-7-15-16-13(11)18(8-9-19)10-4-2-1-3-5-10/h6-7,10,19-20H,1-5,8-9H2,(H2,14,17). The van der Waals surface area contributed by atoms with Crippen LogP contribution < -0.4 is 10.6 Å². The highest BCUT2D eigenvalue weighted by atomic mass is 16.4. The average molecular weight is 279 g/mol. The van der Waals surface area contributed by atoms with Crippen LogP contribution >= 0.6 is 0 Å². The predicted octanol–water partition coefficient (Wildman–Crippen LogP) is 0.702. The molecule has 0 spiro atoms. The molecule has 110 valence electrons. The van der Waals surface area contributed by atoms with E-state index >= 15 is 0 Å². The normalized spacial score (nSPS) is 17.1. The van der Waals surface area contributed by atoms with Gasteiger partial charge >= 0.3 is 0 Å². The lowest BCUT2D eigenvalue weighted by Crippen LogP contribution is -2.40. The van der Waals surface area contributed by atoms with Crippen LogP contribution in [0.25, 0.3) is 0 Å². The van der Waals surface area contributed by atoms with Crippen molar-refractivity contribution in [1.82, 2.24) is 10.2 Å². The van der Waals surface area contributed by atoms with Crippen LogP contribution in [0.5, 0.6) is 0 Å². The number of aromatic nitrogens is 2. The van der Waals surface area contributed by atoms with Gasteiger partial charge in [0, 0.05) is 12.6 Å². The third-order valence-corrected chi connectivity index (χ3v) is 3.71. The van der Waals surface area contributed by atoms with Crippen molar-refractivity contribution in [2.24, 2.45) is 10.9 Å². The molecule has 0 aliphatic heterocycles. The molecule has 0 atom stereocenters. The van der Waals surface area contributed by atoms with Gasteiger partial charge in [0.15, 0.2) is 11.7 Å². The lowest BCUT2D eigenvalue weighted by Gasteiger charge is -2.35. The Morgan fingerprint density at radius 3 is 2.80 bits per heavy atom. The minimum absolute atomic E-state index is 0.00801. The Hall–Kier alpha value is -1.89. The van der Waals surface area contributed by atoms with Crippen LogP contribution in [0.15, 0.2) is 17.4 Å². The second-order valence-electron chi connectivity index (χ2n) is 4.96. The molecule has 0 saturated heterocycles. The van der Waals surface area contributed by atoms with E-state index in [1.807, 2.05) is 4.90 Å². The molecule has 1 aromatic heterocycles. The van der Waals surface area contributed by atoms with Crippen LogP contribution in [0.4, 0.5) is 5.82 Å². The molecule has 1 aliphatic carbocycles. The third kappa shape index (κ3) is 3.16. The van der Waals surface area contributed by atoms with Crippen LogP contribution in [0, 0.1) is 0 Å². The van der Waals surface area contributed by atoms with Gasteiger partial charge < -0.3 is 20.9 Å². The van der Waals surface area contributed by atoms with Crippen molar-refractivity contribution in [3.8, 4) is 0 Å². The second kappa shape index (κ2) is 7.04. The zero-order valence-electron chi connectivity index (χ0n) is 11.4. The number of aliphatic hydroxyl groups excluding tert-OH is 1. The summed E-state index contributed by atoms with van der Waals surface area (Å²) in [5.41, 5.74) is 6.24. The zero-order chi connectivity index (χ0) is 14.4. The van der Waals surface area contributed by atoms with E-state index < -0.39 is 0 Å². The summed E-state index contributed by atoms with van der Waals surface area (Å²) in [6, 6.07) is 1.99. The van der Waals surface area contributed by atoms with Gasteiger partial charge in [-0.3, -0.25) is 0 Å². The molecule has 1 aliphatic rings. The molecular formula is C13H21N5O2. The molecule has 0 aromatic carbocycles. The second-order valence-corrected chi connectivity index (χ2v) is 4.96. The summed E-state index contributed by atoms with van der Waals surface area (Å²) in [4.78, 5) is 2.03. The maximum atomic E-state index is 9.31. The third-order valence-electron chi connectivity index (χ3n) is 3.71. The minimum atomic E-state index is 0.00801. The first-order valence-corrected chi connectivity index (χ1v) is 6.95. The number of hydrogen-bond donors (Lipinski definition) is 3. The molecule has 0 unspecified atom stereocenters. The molecule has 1 saturated carbocycles. The van der Waals surface area contributed by atoms with E-state index in [1.165, 1.54) is 25.5 Å². The minimum Gasteiger partial charge on any atom is -0.409 e. The van der Waals surface area contributed by atoms with Gasteiger partial charge in [0.25, 0.3) is 0 Å². The molecule has 20 heavy (non-hydrogen) atoms. The number of anilines is 1. The topological polar surface area (TPSA) is 108 Å². The molecule has 1 fully saturated rings. The number of aliphatic hydroxyl groups is 1. The molecule has 0 radical (unpaired) electrons. The maximum Gasteiger partial charge on any atom is 0.173 e. The first kappa shape index (κ1) is 14.5. The fourth-order valence-electron chi connectivity index (χ4n) is 2.75. The van der Waals surface area contributed by atoms with E-state index in [0.29, 0.717) is 24.0 Å². The van der Waals surface area contributed by atoms with Crippen molar-refractivity contribution in [3.63, 3.8) is 0 Å². The smallest absolute Gasteiger partial charge is 0.173 e. The molecular weight excluding hydrogens is 258 g/mol. The molecule has 7 nitrogen and oxygen atoms in total. The molecule has 0 amide bonds. The maximum absolute atomic E-state index is 9.31. The van der Waals surface area contributed by atoms with Gasteiger partial charge in [0.05, 0.1) is 18.4 Å². The molecule has 4 N–H and O–H groups in total. The van der Waals surface area contributed by atoms with Gasteiger partial charge in [-0.05, 0) is 18.9 Å². The summed E-state index contributed by atoms with van der Waals surface area (Å²) in [6.07, 6.45) is 7.22. The number of amidine groups is 1.